The van der Waals surface area contributed by atoms with E-state index < -0.39 is 6.04 Å². The molecule has 3 amide bonds. The number of anilines is 1. The van der Waals surface area contributed by atoms with Crippen molar-refractivity contribution in [2.45, 2.75) is 38.8 Å². The lowest BCUT2D eigenvalue weighted by atomic mass is 10.1. The number of nitrogens with two attached hydrogens (primary N) is 1. The summed E-state index contributed by atoms with van der Waals surface area (Å²) in [6, 6.07) is 16.2. The molecular formula is C21H28N4O2. The van der Waals surface area contributed by atoms with Crippen LogP contribution >= 0.6 is 0 Å². The van der Waals surface area contributed by atoms with E-state index in [1.807, 2.05) is 61.5 Å². The van der Waals surface area contributed by atoms with E-state index in [0.29, 0.717) is 25.2 Å². The average molecular weight is 368 g/mol. The fourth-order valence-corrected chi connectivity index (χ4v) is 2.62. The molecular weight excluding hydrogens is 340 g/mol. The summed E-state index contributed by atoms with van der Waals surface area (Å²) in [5.41, 5.74) is 8.36. The molecule has 0 unspecified atom stereocenters. The number of carbonyl (C=O) groups is 2. The molecule has 0 aromatic heterocycles. The first-order valence-electron chi connectivity index (χ1n) is 9.24. The Morgan fingerprint density at radius 2 is 1.70 bits per heavy atom. The predicted molar refractivity (Wildman–Crippen MR) is 108 cm³/mol. The largest absolute Gasteiger partial charge is 0.334 e. The lowest BCUT2D eigenvalue weighted by molar-refractivity contribution is -0.118. The molecule has 0 spiro atoms. The minimum atomic E-state index is -0.617. The van der Waals surface area contributed by atoms with E-state index in [1.165, 1.54) is 0 Å². The normalized spacial score (nSPS) is 11.5. The van der Waals surface area contributed by atoms with Crippen LogP contribution in [0.15, 0.2) is 54.6 Å². The molecule has 2 rings (SSSR count). The van der Waals surface area contributed by atoms with Gasteiger partial charge >= 0.3 is 6.03 Å². The van der Waals surface area contributed by atoms with Gasteiger partial charge < -0.3 is 21.7 Å². The molecule has 6 heteroatoms. The van der Waals surface area contributed by atoms with Crippen molar-refractivity contribution in [2.75, 3.05) is 11.9 Å². The Kier molecular flexibility index (Phi) is 8.32. The standard InChI is InChI=1S/C21H28N4O2/c1-16-10-12-18(13-11-16)24-20(26)19(9-5-6-14-22)25-21(27)23-15-17-7-3-2-4-8-17/h2-4,7-8,10-13,19H,5-6,9,14-15,22H2,1H3,(H,24,26)(H2,23,25,27)/t19-/m1/s1. The first-order chi connectivity index (χ1) is 13.1. The Morgan fingerprint density at radius 1 is 1.00 bits per heavy atom. The van der Waals surface area contributed by atoms with E-state index in [9.17, 15) is 9.59 Å². The Morgan fingerprint density at radius 3 is 2.37 bits per heavy atom. The Bertz CT molecular complexity index is 717. The van der Waals surface area contributed by atoms with E-state index >= 15 is 0 Å². The number of carbonyl (C=O) groups excluding carboxylic acids is 2. The summed E-state index contributed by atoms with van der Waals surface area (Å²) in [6.07, 6.45) is 2.11. The summed E-state index contributed by atoms with van der Waals surface area (Å²) in [4.78, 5) is 24.9. The maximum atomic E-state index is 12.6. The highest BCUT2D eigenvalue weighted by atomic mass is 16.2. The fourth-order valence-electron chi connectivity index (χ4n) is 2.62. The van der Waals surface area contributed by atoms with Crippen molar-refractivity contribution in [1.82, 2.24) is 10.6 Å². The Labute approximate surface area is 160 Å². The van der Waals surface area contributed by atoms with Crippen LogP contribution < -0.4 is 21.7 Å². The van der Waals surface area contributed by atoms with Crippen molar-refractivity contribution in [3.63, 3.8) is 0 Å². The summed E-state index contributed by atoms with van der Waals surface area (Å²) in [6.45, 7) is 2.95. The summed E-state index contributed by atoms with van der Waals surface area (Å²) >= 11 is 0. The third-order valence-corrected chi connectivity index (χ3v) is 4.18. The first kappa shape index (κ1) is 20.5. The highest BCUT2D eigenvalue weighted by Crippen LogP contribution is 2.10. The maximum Gasteiger partial charge on any atom is 0.315 e. The number of rotatable bonds is 9. The van der Waals surface area contributed by atoms with Crippen LogP contribution in [0.25, 0.3) is 0 Å². The summed E-state index contributed by atoms with van der Waals surface area (Å²) < 4.78 is 0. The van der Waals surface area contributed by atoms with Crippen molar-refractivity contribution >= 4 is 17.6 Å². The molecule has 0 aliphatic carbocycles. The zero-order valence-electron chi connectivity index (χ0n) is 15.7. The minimum Gasteiger partial charge on any atom is -0.334 e. The second kappa shape index (κ2) is 11.0. The van der Waals surface area contributed by atoms with Crippen LogP contribution in [0.4, 0.5) is 10.5 Å². The number of amides is 3. The summed E-state index contributed by atoms with van der Waals surface area (Å²) in [5.74, 6) is -0.231. The van der Waals surface area contributed by atoms with Crippen molar-refractivity contribution in [3.05, 3.63) is 65.7 Å². The highest BCUT2D eigenvalue weighted by molar-refractivity contribution is 5.97. The molecule has 0 aliphatic rings. The molecule has 0 fully saturated rings. The number of hydrogen-bond acceptors (Lipinski definition) is 3. The van der Waals surface area contributed by atoms with Gasteiger partial charge in [-0.2, -0.15) is 0 Å². The van der Waals surface area contributed by atoms with Crippen molar-refractivity contribution in [1.29, 1.82) is 0 Å². The molecule has 0 saturated heterocycles. The number of hydrogen-bond donors (Lipinski definition) is 4. The predicted octanol–water partition coefficient (Wildman–Crippen LogP) is 2.93. The van der Waals surface area contributed by atoms with Crippen LogP contribution in [0.3, 0.4) is 0 Å². The van der Waals surface area contributed by atoms with Gasteiger partial charge in [0.2, 0.25) is 5.91 Å². The third-order valence-electron chi connectivity index (χ3n) is 4.18. The van der Waals surface area contributed by atoms with Gasteiger partial charge in [-0.25, -0.2) is 4.79 Å². The molecule has 0 heterocycles. The molecule has 27 heavy (non-hydrogen) atoms. The van der Waals surface area contributed by atoms with Gasteiger partial charge in [-0.1, -0.05) is 48.0 Å². The van der Waals surface area contributed by atoms with Crippen LogP contribution in [-0.4, -0.2) is 24.5 Å². The van der Waals surface area contributed by atoms with E-state index in [0.717, 1.165) is 24.0 Å². The summed E-state index contributed by atoms with van der Waals surface area (Å²) in [5, 5.41) is 8.43. The number of benzene rings is 2. The molecule has 144 valence electrons. The van der Waals surface area contributed by atoms with E-state index in [1.54, 1.807) is 0 Å². The van der Waals surface area contributed by atoms with Crippen molar-refractivity contribution in [3.8, 4) is 0 Å². The molecule has 0 saturated carbocycles. The van der Waals surface area contributed by atoms with Crippen LogP contribution in [-0.2, 0) is 11.3 Å². The number of unbranched alkanes of at least 4 members (excludes halogenated alkanes) is 1. The SMILES string of the molecule is Cc1ccc(NC(=O)[C@@H](CCCCN)NC(=O)NCc2ccccc2)cc1. The highest BCUT2D eigenvalue weighted by Gasteiger charge is 2.20. The lowest BCUT2D eigenvalue weighted by Crippen LogP contribution is -2.47. The maximum absolute atomic E-state index is 12.6. The van der Waals surface area contributed by atoms with Crippen LogP contribution in [0.1, 0.15) is 30.4 Å². The molecule has 5 N–H and O–H groups in total. The Balaban J connectivity index is 1.92. The van der Waals surface area contributed by atoms with Gasteiger partial charge in [0.25, 0.3) is 0 Å². The number of aryl methyl sites for hydroxylation is 1. The minimum absolute atomic E-state index is 0.231. The van der Waals surface area contributed by atoms with Crippen molar-refractivity contribution in [2.24, 2.45) is 5.73 Å². The smallest absolute Gasteiger partial charge is 0.315 e. The molecule has 2 aromatic carbocycles. The van der Waals surface area contributed by atoms with E-state index in [-0.39, 0.29) is 11.9 Å². The van der Waals surface area contributed by atoms with Gasteiger partial charge in [0, 0.05) is 12.2 Å². The molecule has 1 atom stereocenters. The van der Waals surface area contributed by atoms with Gasteiger partial charge in [-0.05, 0) is 50.4 Å². The molecule has 0 radical (unpaired) electrons. The lowest BCUT2D eigenvalue weighted by Gasteiger charge is -2.19. The fraction of sp³-hybridized carbons (Fsp3) is 0.333. The molecule has 6 nitrogen and oxygen atoms in total. The van der Waals surface area contributed by atoms with Gasteiger partial charge in [0.05, 0.1) is 0 Å². The molecule has 2 aromatic rings. The van der Waals surface area contributed by atoms with Crippen LogP contribution in [0.5, 0.6) is 0 Å². The van der Waals surface area contributed by atoms with Gasteiger partial charge in [-0.15, -0.1) is 0 Å². The quantitative estimate of drug-likeness (QED) is 0.512. The van der Waals surface area contributed by atoms with Gasteiger partial charge in [0.1, 0.15) is 6.04 Å². The molecule has 0 bridgehead atoms. The Hall–Kier alpha value is -2.86. The van der Waals surface area contributed by atoms with Gasteiger partial charge in [0.15, 0.2) is 0 Å². The summed E-state index contributed by atoms with van der Waals surface area (Å²) in [7, 11) is 0. The second-order valence-corrected chi connectivity index (χ2v) is 6.50. The first-order valence-corrected chi connectivity index (χ1v) is 9.24. The van der Waals surface area contributed by atoms with Gasteiger partial charge in [-0.3, -0.25) is 4.79 Å². The molecule has 0 aliphatic heterocycles. The van der Waals surface area contributed by atoms with E-state index in [2.05, 4.69) is 16.0 Å². The van der Waals surface area contributed by atoms with Crippen LogP contribution in [0.2, 0.25) is 0 Å². The average Bonchev–Trinajstić information content (AvgIpc) is 2.68. The third kappa shape index (κ3) is 7.50. The van der Waals surface area contributed by atoms with Crippen molar-refractivity contribution < 1.29 is 9.59 Å². The zero-order valence-corrected chi connectivity index (χ0v) is 15.7. The van der Waals surface area contributed by atoms with E-state index in [4.69, 9.17) is 5.73 Å². The zero-order chi connectivity index (χ0) is 19.5. The van der Waals surface area contributed by atoms with Crippen LogP contribution in [0, 0.1) is 6.92 Å². The number of nitrogens with one attached hydrogen (secondary N) is 3. The monoisotopic (exact) mass is 368 g/mol. The topological polar surface area (TPSA) is 96.2 Å². The second-order valence-electron chi connectivity index (χ2n) is 6.50. The number of urea groups is 1.